The molecular weight excluding hydrogens is 371 g/mol. The maximum Gasteiger partial charge on any atom is 0.324 e. The highest BCUT2D eigenvalue weighted by molar-refractivity contribution is 5.93. The minimum Gasteiger partial charge on any atom is -0.480 e. The van der Waals surface area contributed by atoms with Crippen molar-refractivity contribution in [3.05, 3.63) is 47.4 Å². The van der Waals surface area contributed by atoms with Crippen molar-refractivity contribution >= 4 is 17.4 Å². The number of piperazine rings is 1. The number of carbonyl (C=O) groups is 1. The Bertz CT molecular complexity index is 849. The van der Waals surface area contributed by atoms with Gasteiger partial charge in [-0.05, 0) is 56.2 Å². The Hall–Kier alpha value is -2.83. The Labute approximate surface area is 171 Å². The van der Waals surface area contributed by atoms with Crippen LogP contribution in [-0.2, 0) is 6.42 Å². The SMILES string of the molecule is CCc1cc(N(CC)C(=O)N2CCN(c3ccc(F)cc3)CC2)c(OC)nc1C. The fraction of sp³-hybridized carbons (Fsp3) is 0.455. The number of benzene rings is 1. The molecule has 0 N–H and O–H groups in total. The highest BCUT2D eigenvalue weighted by Crippen LogP contribution is 2.30. The zero-order valence-electron chi connectivity index (χ0n) is 17.6. The average Bonchev–Trinajstić information content (AvgIpc) is 2.75. The molecule has 3 rings (SSSR count). The number of ether oxygens (including phenoxy) is 1. The van der Waals surface area contributed by atoms with Gasteiger partial charge in [0.25, 0.3) is 0 Å². The lowest BCUT2D eigenvalue weighted by Gasteiger charge is -2.38. The summed E-state index contributed by atoms with van der Waals surface area (Å²) in [5.74, 6) is 0.230. The first kappa shape index (κ1) is 20.9. The summed E-state index contributed by atoms with van der Waals surface area (Å²) in [4.78, 5) is 23.6. The molecule has 0 saturated carbocycles. The van der Waals surface area contributed by atoms with Crippen LogP contribution >= 0.6 is 0 Å². The van der Waals surface area contributed by atoms with E-state index in [2.05, 4.69) is 16.8 Å². The molecule has 1 saturated heterocycles. The number of amides is 2. The van der Waals surface area contributed by atoms with E-state index >= 15 is 0 Å². The van der Waals surface area contributed by atoms with E-state index in [1.165, 1.54) is 12.1 Å². The molecule has 1 aliphatic heterocycles. The number of carbonyl (C=O) groups excluding carboxylic acids is 1. The molecule has 1 fully saturated rings. The van der Waals surface area contributed by atoms with Gasteiger partial charge in [-0.3, -0.25) is 4.90 Å². The average molecular weight is 400 g/mol. The molecule has 6 nitrogen and oxygen atoms in total. The van der Waals surface area contributed by atoms with Gasteiger partial charge in [0.05, 0.1) is 7.11 Å². The smallest absolute Gasteiger partial charge is 0.324 e. The lowest BCUT2D eigenvalue weighted by molar-refractivity contribution is 0.201. The molecule has 0 atom stereocenters. The van der Waals surface area contributed by atoms with E-state index in [0.29, 0.717) is 44.3 Å². The van der Waals surface area contributed by atoms with Gasteiger partial charge in [-0.2, -0.15) is 0 Å². The first-order chi connectivity index (χ1) is 14.0. The van der Waals surface area contributed by atoms with Crippen molar-refractivity contribution in [2.75, 3.05) is 49.6 Å². The number of aryl methyl sites for hydroxylation is 2. The molecule has 2 heterocycles. The molecule has 1 aromatic carbocycles. The predicted octanol–water partition coefficient (Wildman–Crippen LogP) is 3.87. The quantitative estimate of drug-likeness (QED) is 0.765. The number of halogens is 1. The second-order valence-electron chi connectivity index (χ2n) is 7.09. The number of hydrogen-bond donors (Lipinski definition) is 0. The molecule has 1 aliphatic rings. The van der Waals surface area contributed by atoms with Crippen LogP contribution < -0.4 is 14.5 Å². The molecular formula is C22H29FN4O2. The molecule has 0 unspecified atom stereocenters. The number of nitrogens with zero attached hydrogens (tertiary/aromatic N) is 4. The number of pyridine rings is 1. The number of anilines is 2. The van der Waals surface area contributed by atoms with Gasteiger partial charge >= 0.3 is 6.03 Å². The van der Waals surface area contributed by atoms with Crippen molar-refractivity contribution in [1.82, 2.24) is 9.88 Å². The fourth-order valence-corrected chi connectivity index (χ4v) is 3.70. The Kier molecular flexibility index (Phi) is 6.56. The lowest BCUT2D eigenvalue weighted by Crippen LogP contribution is -2.53. The molecule has 156 valence electrons. The number of hydrogen-bond acceptors (Lipinski definition) is 4. The van der Waals surface area contributed by atoms with Crippen molar-refractivity contribution in [1.29, 1.82) is 0 Å². The number of rotatable bonds is 5. The predicted molar refractivity (Wildman–Crippen MR) is 114 cm³/mol. The lowest BCUT2D eigenvalue weighted by atomic mass is 10.1. The van der Waals surface area contributed by atoms with Crippen molar-refractivity contribution < 1.29 is 13.9 Å². The summed E-state index contributed by atoms with van der Waals surface area (Å²) in [6, 6.07) is 8.46. The van der Waals surface area contributed by atoms with Gasteiger partial charge < -0.3 is 14.5 Å². The van der Waals surface area contributed by atoms with Crippen molar-refractivity contribution in [2.45, 2.75) is 27.2 Å². The van der Waals surface area contributed by atoms with E-state index < -0.39 is 0 Å². The van der Waals surface area contributed by atoms with Gasteiger partial charge in [0.15, 0.2) is 0 Å². The summed E-state index contributed by atoms with van der Waals surface area (Å²) >= 11 is 0. The summed E-state index contributed by atoms with van der Waals surface area (Å²) in [5, 5.41) is 0. The number of urea groups is 1. The molecule has 29 heavy (non-hydrogen) atoms. The summed E-state index contributed by atoms with van der Waals surface area (Å²) < 4.78 is 18.6. The van der Waals surface area contributed by atoms with E-state index in [1.807, 2.05) is 24.8 Å². The van der Waals surface area contributed by atoms with Crippen LogP contribution in [0.15, 0.2) is 30.3 Å². The molecule has 0 aliphatic carbocycles. The van der Waals surface area contributed by atoms with Gasteiger partial charge in [-0.1, -0.05) is 6.92 Å². The number of aromatic nitrogens is 1. The van der Waals surface area contributed by atoms with Crippen LogP contribution in [0.3, 0.4) is 0 Å². The normalized spacial score (nSPS) is 14.1. The second kappa shape index (κ2) is 9.11. The first-order valence-corrected chi connectivity index (χ1v) is 10.1. The van der Waals surface area contributed by atoms with Crippen LogP contribution in [0.5, 0.6) is 5.88 Å². The molecule has 0 spiro atoms. The standard InChI is InChI=1S/C22H29FN4O2/c1-5-17-15-20(21(29-4)24-16(17)3)27(6-2)22(28)26-13-11-25(12-14-26)19-9-7-18(23)8-10-19/h7-10,15H,5-6,11-14H2,1-4H3. The third-order valence-corrected chi connectivity index (χ3v) is 5.42. The minimum atomic E-state index is -0.242. The van der Waals surface area contributed by atoms with Gasteiger partial charge in [0.1, 0.15) is 11.5 Å². The zero-order chi connectivity index (χ0) is 21.0. The summed E-state index contributed by atoms with van der Waals surface area (Å²) in [7, 11) is 1.58. The summed E-state index contributed by atoms with van der Waals surface area (Å²) in [5.41, 5.74) is 3.71. The van der Waals surface area contributed by atoms with E-state index in [-0.39, 0.29) is 11.8 Å². The first-order valence-electron chi connectivity index (χ1n) is 10.1. The molecule has 2 amide bonds. The highest BCUT2D eigenvalue weighted by atomic mass is 19.1. The van der Waals surface area contributed by atoms with Gasteiger partial charge in [-0.25, -0.2) is 14.2 Å². The third-order valence-electron chi connectivity index (χ3n) is 5.42. The van der Waals surface area contributed by atoms with Crippen molar-refractivity contribution in [3.63, 3.8) is 0 Å². The van der Waals surface area contributed by atoms with Crippen LogP contribution in [0.2, 0.25) is 0 Å². The van der Waals surface area contributed by atoms with Crippen LogP contribution in [0.1, 0.15) is 25.1 Å². The van der Waals surface area contributed by atoms with Crippen molar-refractivity contribution in [3.8, 4) is 5.88 Å². The van der Waals surface area contributed by atoms with Crippen LogP contribution in [0, 0.1) is 12.7 Å². The minimum absolute atomic E-state index is 0.0442. The number of methoxy groups -OCH3 is 1. The Morgan fingerprint density at radius 1 is 1.17 bits per heavy atom. The van der Waals surface area contributed by atoms with Gasteiger partial charge in [-0.15, -0.1) is 0 Å². The molecule has 0 bridgehead atoms. The summed E-state index contributed by atoms with van der Waals surface area (Å²) in [6.07, 6.45) is 0.845. The molecule has 1 aromatic heterocycles. The Balaban J connectivity index is 1.75. The van der Waals surface area contributed by atoms with E-state index in [0.717, 1.165) is 23.4 Å². The molecule has 0 radical (unpaired) electrons. The largest absolute Gasteiger partial charge is 0.480 e. The maximum atomic E-state index is 13.3. The monoisotopic (exact) mass is 400 g/mol. The van der Waals surface area contributed by atoms with Crippen LogP contribution in [0.25, 0.3) is 0 Å². The van der Waals surface area contributed by atoms with Crippen molar-refractivity contribution in [2.24, 2.45) is 0 Å². The third kappa shape index (κ3) is 4.44. The Morgan fingerprint density at radius 3 is 2.38 bits per heavy atom. The highest BCUT2D eigenvalue weighted by Gasteiger charge is 2.28. The van der Waals surface area contributed by atoms with Crippen LogP contribution in [0.4, 0.5) is 20.6 Å². The van der Waals surface area contributed by atoms with E-state index in [1.54, 1.807) is 24.1 Å². The Morgan fingerprint density at radius 2 is 1.83 bits per heavy atom. The topological polar surface area (TPSA) is 48.9 Å². The fourth-order valence-electron chi connectivity index (χ4n) is 3.70. The van der Waals surface area contributed by atoms with E-state index in [9.17, 15) is 9.18 Å². The van der Waals surface area contributed by atoms with E-state index in [4.69, 9.17) is 4.74 Å². The molecule has 7 heteroatoms. The molecule has 2 aromatic rings. The maximum absolute atomic E-state index is 13.3. The summed E-state index contributed by atoms with van der Waals surface area (Å²) in [6.45, 7) is 9.14. The second-order valence-corrected chi connectivity index (χ2v) is 7.09. The zero-order valence-corrected chi connectivity index (χ0v) is 17.6. The van der Waals surface area contributed by atoms with Crippen LogP contribution in [-0.4, -0.2) is 55.7 Å². The van der Waals surface area contributed by atoms with Gasteiger partial charge in [0.2, 0.25) is 5.88 Å². The van der Waals surface area contributed by atoms with Gasteiger partial charge in [0, 0.05) is 44.1 Å².